The number of benzene rings is 1. The van der Waals surface area contributed by atoms with Crippen molar-refractivity contribution in [1.29, 1.82) is 0 Å². The van der Waals surface area contributed by atoms with Crippen molar-refractivity contribution in [2.24, 2.45) is 5.92 Å². The van der Waals surface area contributed by atoms with Gasteiger partial charge in [-0.1, -0.05) is 50.3 Å². The maximum atomic E-state index is 4.65. The molecule has 0 aliphatic carbocycles. The van der Waals surface area contributed by atoms with Crippen molar-refractivity contribution in [3.8, 4) is 0 Å². The predicted molar refractivity (Wildman–Crippen MR) is 124 cm³/mol. The lowest BCUT2D eigenvalue weighted by atomic mass is 10.1. The van der Waals surface area contributed by atoms with Crippen LogP contribution in [0.5, 0.6) is 0 Å². The van der Waals surface area contributed by atoms with E-state index < -0.39 is 0 Å². The van der Waals surface area contributed by atoms with Crippen LogP contribution < -0.4 is 5.32 Å². The van der Waals surface area contributed by atoms with Gasteiger partial charge in [0.2, 0.25) is 0 Å². The van der Waals surface area contributed by atoms with E-state index in [4.69, 9.17) is 0 Å². The first kappa shape index (κ1) is 21.4. The number of hydrogen-bond acceptors (Lipinski definition) is 4. The van der Waals surface area contributed by atoms with Crippen LogP contribution in [-0.2, 0) is 6.54 Å². The third-order valence-corrected chi connectivity index (χ3v) is 5.64. The van der Waals surface area contributed by atoms with E-state index in [0.717, 1.165) is 45.0 Å². The standard InChI is InChI=1S/C25H36N4/c1-5-24(23-12-9-14-26-25(23)27-15-13-20(2)3)29-17-16-28(18-21(29)4)19-22-10-7-6-8-11-22/h5-12,14,20-21H,13,15-19H2,1-4H3,(H,26,27)/b24-5-/t21-/m0/s1. The molecule has 1 atom stereocenters. The van der Waals surface area contributed by atoms with Gasteiger partial charge in [-0.15, -0.1) is 0 Å². The molecular weight excluding hydrogens is 356 g/mol. The van der Waals surface area contributed by atoms with Crippen LogP contribution in [-0.4, -0.2) is 47.0 Å². The highest BCUT2D eigenvalue weighted by atomic mass is 15.3. The van der Waals surface area contributed by atoms with Gasteiger partial charge in [0.05, 0.1) is 0 Å². The summed E-state index contributed by atoms with van der Waals surface area (Å²) in [6.07, 6.45) is 5.28. The molecule has 3 rings (SSSR count). The zero-order valence-electron chi connectivity index (χ0n) is 18.4. The molecule has 0 unspecified atom stereocenters. The van der Waals surface area contributed by atoms with Crippen LogP contribution in [0.1, 0.15) is 45.2 Å². The van der Waals surface area contributed by atoms with E-state index in [1.165, 1.54) is 16.8 Å². The fourth-order valence-electron chi connectivity index (χ4n) is 4.08. The van der Waals surface area contributed by atoms with Gasteiger partial charge in [-0.3, -0.25) is 4.90 Å². The summed E-state index contributed by atoms with van der Waals surface area (Å²) in [5, 5.41) is 3.57. The lowest BCUT2D eigenvalue weighted by Crippen LogP contribution is -2.50. The van der Waals surface area contributed by atoms with Crippen LogP contribution in [0, 0.1) is 5.92 Å². The van der Waals surface area contributed by atoms with Crippen molar-refractivity contribution in [3.05, 3.63) is 65.9 Å². The van der Waals surface area contributed by atoms with Crippen molar-refractivity contribution >= 4 is 11.5 Å². The molecule has 1 aliphatic heterocycles. The Morgan fingerprint density at radius 1 is 1.17 bits per heavy atom. The maximum absolute atomic E-state index is 4.65. The van der Waals surface area contributed by atoms with E-state index in [0.29, 0.717) is 12.0 Å². The van der Waals surface area contributed by atoms with Gasteiger partial charge in [0.25, 0.3) is 0 Å². The van der Waals surface area contributed by atoms with Crippen molar-refractivity contribution in [1.82, 2.24) is 14.8 Å². The Kier molecular flexibility index (Phi) is 7.70. The van der Waals surface area contributed by atoms with Crippen LogP contribution in [0.15, 0.2) is 54.7 Å². The third kappa shape index (κ3) is 5.83. The number of pyridine rings is 1. The molecule has 0 amide bonds. The highest BCUT2D eigenvalue weighted by Gasteiger charge is 2.26. The summed E-state index contributed by atoms with van der Waals surface area (Å²) in [6.45, 7) is 14.2. The largest absolute Gasteiger partial charge is 0.370 e. The van der Waals surface area contributed by atoms with E-state index in [-0.39, 0.29) is 0 Å². The molecule has 1 aromatic heterocycles. The second-order valence-electron chi connectivity index (χ2n) is 8.45. The molecule has 29 heavy (non-hydrogen) atoms. The van der Waals surface area contributed by atoms with Crippen LogP contribution in [0.25, 0.3) is 5.70 Å². The molecule has 0 radical (unpaired) electrons. The van der Waals surface area contributed by atoms with Crippen LogP contribution in [0.2, 0.25) is 0 Å². The number of piperazine rings is 1. The minimum atomic E-state index is 0.461. The molecule has 1 saturated heterocycles. The molecule has 156 valence electrons. The van der Waals surface area contributed by atoms with E-state index in [9.17, 15) is 0 Å². The Hall–Kier alpha value is -2.33. The van der Waals surface area contributed by atoms with Crippen molar-refractivity contribution < 1.29 is 0 Å². The minimum absolute atomic E-state index is 0.461. The molecule has 0 saturated carbocycles. The second-order valence-corrected chi connectivity index (χ2v) is 8.45. The van der Waals surface area contributed by atoms with Crippen LogP contribution >= 0.6 is 0 Å². The molecule has 1 fully saturated rings. The van der Waals surface area contributed by atoms with E-state index in [1.807, 2.05) is 12.3 Å². The summed E-state index contributed by atoms with van der Waals surface area (Å²) >= 11 is 0. The number of anilines is 1. The average molecular weight is 393 g/mol. The van der Waals surface area contributed by atoms with Gasteiger partial charge in [0.15, 0.2) is 0 Å². The summed E-state index contributed by atoms with van der Waals surface area (Å²) in [5.41, 5.74) is 3.89. The summed E-state index contributed by atoms with van der Waals surface area (Å²) in [7, 11) is 0. The molecule has 4 nitrogen and oxygen atoms in total. The Balaban J connectivity index is 1.68. The number of allylic oxidation sites excluding steroid dienone is 1. The molecule has 2 aromatic rings. The zero-order chi connectivity index (χ0) is 20.6. The lowest BCUT2D eigenvalue weighted by Gasteiger charge is -2.42. The monoisotopic (exact) mass is 392 g/mol. The smallest absolute Gasteiger partial charge is 0.135 e. The molecule has 1 N–H and O–H groups in total. The van der Waals surface area contributed by atoms with Crippen LogP contribution in [0.4, 0.5) is 5.82 Å². The first-order chi connectivity index (χ1) is 14.1. The number of nitrogens with zero attached hydrogens (tertiary/aromatic N) is 3. The summed E-state index contributed by atoms with van der Waals surface area (Å²) in [6, 6.07) is 15.5. The highest BCUT2D eigenvalue weighted by molar-refractivity contribution is 5.73. The van der Waals surface area contributed by atoms with E-state index >= 15 is 0 Å². The summed E-state index contributed by atoms with van der Waals surface area (Å²) < 4.78 is 0. The van der Waals surface area contributed by atoms with Gasteiger partial charge in [0, 0.05) is 56.2 Å². The number of nitrogens with one attached hydrogen (secondary N) is 1. The van der Waals surface area contributed by atoms with Crippen molar-refractivity contribution in [2.75, 3.05) is 31.5 Å². The van der Waals surface area contributed by atoms with Gasteiger partial charge >= 0.3 is 0 Å². The summed E-state index contributed by atoms with van der Waals surface area (Å²) in [5.74, 6) is 1.69. The average Bonchev–Trinajstić information content (AvgIpc) is 2.71. The number of rotatable bonds is 8. The fraction of sp³-hybridized carbons (Fsp3) is 0.480. The predicted octanol–water partition coefficient (Wildman–Crippen LogP) is 5.11. The van der Waals surface area contributed by atoms with Crippen LogP contribution in [0.3, 0.4) is 0 Å². The van der Waals surface area contributed by atoms with Gasteiger partial charge in [-0.25, -0.2) is 4.98 Å². The number of aromatic nitrogens is 1. The van der Waals surface area contributed by atoms with Gasteiger partial charge in [-0.05, 0) is 43.9 Å². The Morgan fingerprint density at radius 3 is 2.66 bits per heavy atom. The molecule has 0 bridgehead atoms. The second kappa shape index (κ2) is 10.4. The van der Waals surface area contributed by atoms with Gasteiger partial charge < -0.3 is 10.2 Å². The minimum Gasteiger partial charge on any atom is -0.370 e. The number of hydrogen-bond donors (Lipinski definition) is 1. The molecule has 1 aliphatic rings. The normalized spacial score (nSPS) is 18.3. The van der Waals surface area contributed by atoms with Crippen molar-refractivity contribution in [2.45, 2.75) is 46.7 Å². The first-order valence-corrected chi connectivity index (χ1v) is 11.0. The third-order valence-electron chi connectivity index (χ3n) is 5.64. The molecule has 2 heterocycles. The zero-order valence-corrected chi connectivity index (χ0v) is 18.4. The SMILES string of the molecule is C/C=C(/c1cccnc1NCCC(C)C)N1CCN(Cc2ccccc2)C[C@@H]1C. The summed E-state index contributed by atoms with van der Waals surface area (Å²) in [4.78, 5) is 9.76. The fourth-order valence-corrected chi connectivity index (χ4v) is 4.08. The topological polar surface area (TPSA) is 31.4 Å². The Bertz CT molecular complexity index is 784. The molecular formula is C25H36N4. The molecule has 1 aromatic carbocycles. The molecule has 0 spiro atoms. The Labute approximate surface area is 176 Å². The lowest BCUT2D eigenvalue weighted by molar-refractivity contribution is 0.123. The van der Waals surface area contributed by atoms with E-state index in [1.54, 1.807) is 0 Å². The van der Waals surface area contributed by atoms with Gasteiger partial charge in [-0.2, -0.15) is 0 Å². The first-order valence-electron chi connectivity index (χ1n) is 11.0. The molecule has 4 heteroatoms. The quantitative estimate of drug-likeness (QED) is 0.677. The Morgan fingerprint density at radius 2 is 1.97 bits per heavy atom. The van der Waals surface area contributed by atoms with Crippen molar-refractivity contribution in [3.63, 3.8) is 0 Å². The highest BCUT2D eigenvalue weighted by Crippen LogP contribution is 2.29. The van der Waals surface area contributed by atoms with E-state index in [2.05, 4.69) is 90.3 Å². The maximum Gasteiger partial charge on any atom is 0.135 e. The van der Waals surface area contributed by atoms with Gasteiger partial charge in [0.1, 0.15) is 5.82 Å².